The zero-order valence-electron chi connectivity index (χ0n) is 23.6. The van der Waals surface area contributed by atoms with Gasteiger partial charge in [0.05, 0.1) is 31.0 Å². The zero-order chi connectivity index (χ0) is 32.0. The van der Waals surface area contributed by atoms with Crippen LogP contribution in [-0.4, -0.2) is 61.4 Å². The van der Waals surface area contributed by atoms with Crippen LogP contribution < -0.4 is 35.7 Å². The number of benzene rings is 2. The van der Waals surface area contributed by atoms with E-state index in [-0.39, 0.29) is 28.8 Å². The third-order valence-electron chi connectivity index (χ3n) is 6.34. The van der Waals surface area contributed by atoms with E-state index in [0.717, 1.165) is 11.1 Å². The first kappa shape index (κ1) is 31.9. The van der Waals surface area contributed by atoms with Gasteiger partial charge >= 0.3 is 12.0 Å². The molecular formula is C28H27ClN6O8S. The summed E-state index contributed by atoms with van der Waals surface area (Å²) in [5.41, 5.74) is 3.68. The number of ether oxygens (including phenoxy) is 3. The van der Waals surface area contributed by atoms with Gasteiger partial charge in [-0.1, -0.05) is 17.7 Å². The van der Waals surface area contributed by atoms with E-state index in [2.05, 4.69) is 26.5 Å². The van der Waals surface area contributed by atoms with Crippen molar-refractivity contribution < 1.29 is 38.2 Å². The van der Waals surface area contributed by atoms with Gasteiger partial charge in [-0.15, -0.1) is 0 Å². The van der Waals surface area contributed by atoms with Crippen molar-refractivity contribution in [3.63, 3.8) is 0 Å². The van der Waals surface area contributed by atoms with Crippen LogP contribution in [-0.2, 0) is 23.9 Å². The van der Waals surface area contributed by atoms with Crippen molar-refractivity contribution in [2.24, 2.45) is 11.0 Å². The fourth-order valence-corrected chi connectivity index (χ4v) is 4.74. The highest BCUT2D eigenvalue weighted by Crippen LogP contribution is 2.34. The molecule has 2 aliphatic rings. The largest absolute Gasteiger partial charge is 0.493 e. The average Bonchev–Trinajstić information content (AvgIpc) is 2.98. The number of urea groups is 1. The van der Waals surface area contributed by atoms with Gasteiger partial charge in [0.25, 0.3) is 11.8 Å². The molecule has 1 saturated heterocycles. The first-order valence-corrected chi connectivity index (χ1v) is 13.8. The minimum atomic E-state index is -1.36. The van der Waals surface area contributed by atoms with Crippen LogP contribution in [0.5, 0.6) is 11.5 Å². The molecule has 0 spiro atoms. The maximum atomic E-state index is 13.0. The number of rotatable bonds is 10. The van der Waals surface area contributed by atoms with Crippen molar-refractivity contribution in [2.45, 2.75) is 19.9 Å². The Morgan fingerprint density at radius 3 is 2.52 bits per heavy atom. The smallest absolute Gasteiger partial charge is 0.338 e. The quantitative estimate of drug-likeness (QED) is 0.0993. The van der Waals surface area contributed by atoms with Crippen molar-refractivity contribution in [2.75, 3.05) is 25.2 Å². The summed E-state index contributed by atoms with van der Waals surface area (Å²) < 4.78 is 16.1. The van der Waals surface area contributed by atoms with Gasteiger partial charge in [0.15, 0.2) is 29.1 Å². The van der Waals surface area contributed by atoms with E-state index >= 15 is 0 Å². The van der Waals surface area contributed by atoms with Crippen molar-refractivity contribution in [1.82, 2.24) is 21.4 Å². The summed E-state index contributed by atoms with van der Waals surface area (Å²) in [7, 11) is 1.38. The second-order valence-electron chi connectivity index (χ2n) is 9.22. The summed E-state index contributed by atoms with van der Waals surface area (Å²) in [6.45, 7) is 2.91. The predicted octanol–water partition coefficient (Wildman–Crippen LogP) is 2.08. The lowest BCUT2D eigenvalue weighted by molar-refractivity contribution is -0.139. The Morgan fingerprint density at radius 1 is 1.11 bits per heavy atom. The third kappa shape index (κ3) is 7.12. The van der Waals surface area contributed by atoms with Crippen molar-refractivity contribution in [1.29, 1.82) is 0 Å². The van der Waals surface area contributed by atoms with Crippen LogP contribution >= 0.6 is 23.8 Å². The van der Waals surface area contributed by atoms with Crippen LogP contribution in [0.1, 0.15) is 25.5 Å². The highest BCUT2D eigenvalue weighted by Gasteiger charge is 2.38. The Balaban J connectivity index is 1.40. The van der Waals surface area contributed by atoms with E-state index in [4.69, 9.17) is 38.0 Å². The van der Waals surface area contributed by atoms with Crippen LogP contribution in [0.3, 0.4) is 0 Å². The first-order chi connectivity index (χ1) is 21.0. The Hall–Kier alpha value is -5.02. The molecule has 2 atom stereocenters. The normalized spacial score (nSPS) is 18.4. The number of esters is 1. The highest BCUT2D eigenvalue weighted by molar-refractivity contribution is 7.80. The zero-order valence-corrected chi connectivity index (χ0v) is 25.2. The molecule has 4 rings (SSSR count). The van der Waals surface area contributed by atoms with Gasteiger partial charge in [-0.25, -0.2) is 15.0 Å². The summed E-state index contributed by atoms with van der Waals surface area (Å²) in [5.74, 6) is -3.62. The van der Waals surface area contributed by atoms with Crippen LogP contribution in [0.15, 0.2) is 58.8 Å². The van der Waals surface area contributed by atoms with E-state index in [1.807, 2.05) is 0 Å². The average molecular weight is 643 g/mol. The summed E-state index contributed by atoms with van der Waals surface area (Å²) in [4.78, 5) is 63.7. The molecule has 2 aromatic rings. The predicted molar refractivity (Wildman–Crippen MR) is 162 cm³/mol. The SMILES string of the molecule is CCOC(=O)C1=C(C)NC(=O)N[C@H]1c1ccc(OCC(=O)N/N=C\[C@@H]2C(=O)NC(=S)N(c3ccc(Cl)cc3)C2=O)c(OC)c1. The van der Waals surface area contributed by atoms with E-state index in [1.165, 1.54) is 13.2 Å². The second-order valence-corrected chi connectivity index (χ2v) is 10.0. The number of hydrogen-bond acceptors (Lipinski definition) is 10. The number of hydrogen-bond donors (Lipinski definition) is 4. The molecule has 2 aliphatic heterocycles. The number of thiocarbonyl (C=S) groups is 1. The van der Waals surface area contributed by atoms with Crippen molar-refractivity contribution >= 4 is 70.6 Å². The van der Waals surface area contributed by atoms with Crippen molar-refractivity contribution in [3.8, 4) is 11.5 Å². The molecule has 230 valence electrons. The summed E-state index contributed by atoms with van der Waals surface area (Å²) in [5, 5.41) is 11.8. The van der Waals surface area contributed by atoms with Crippen LogP contribution in [0.4, 0.5) is 10.5 Å². The maximum Gasteiger partial charge on any atom is 0.338 e. The summed E-state index contributed by atoms with van der Waals surface area (Å²) >= 11 is 11.1. The fraction of sp³-hybridized carbons (Fsp3) is 0.250. The minimum absolute atomic E-state index is 0.102. The molecule has 0 radical (unpaired) electrons. The van der Waals surface area contributed by atoms with Gasteiger partial charge in [-0.2, -0.15) is 5.10 Å². The first-order valence-electron chi connectivity index (χ1n) is 13.1. The van der Waals surface area contributed by atoms with E-state index < -0.39 is 48.3 Å². The number of methoxy groups -OCH3 is 1. The van der Waals surface area contributed by atoms with Gasteiger partial charge in [0, 0.05) is 16.9 Å². The number of halogens is 1. The number of carbonyl (C=O) groups is 5. The summed E-state index contributed by atoms with van der Waals surface area (Å²) in [6, 6.07) is 9.61. The van der Waals surface area contributed by atoms with Gasteiger partial charge in [-0.05, 0) is 68.0 Å². The fourth-order valence-electron chi connectivity index (χ4n) is 4.32. The third-order valence-corrected chi connectivity index (χ3v) is 6.88. The van der Waals surface area contributed by atoms with Gasteiger partial charge in [0.1, 0.15) is 0 Å². The van der Waals surface area contributed by atoms with Crippen LogP contribution in [0, 0.1) is 5.92 Å². The maximum absolute atomic E-state index is 13.0. The Kier molecular flexibility index (Phi) is 10.1. The Bertz CT molecular complexity index is 1580. The molecule has 5 amide bonds. The number of nitrogens with one attached hydrogen (secondary N) is 4. The molecule has 0 aliphatic carbocycles. The highest BCUT2D eigenvalue weighted by atomic mass is 35.5. The molecule has 2 aromatic carbocycles. The molecule has 4 N–H and O–H groups in total. The molecular weight excluding hydrogens is 616 g/mol. The van der Waals surface area contributed by atoms with E-state index in [1.54, 1.807) is 50.2 Å². The lowest BCUT2D eigenvalue weighted by Crippen LogP contribution is -2.58. The number of carbonyl (C=O) groups excluding carboxylic acids is 5. The molecule has 0 bridgehead atoms. The van der Waals surface area contributed by atoms with Gasteiger partial charge < -0.3 is 30.2 Å². The standard InChI is InChI=1S/C28H27ClN6O8S/c1-4-42-26(39)22-14(2)31-27(40)32-23(22)15-5-10-19(20(11-15)41-3)43-13-21(36)34-30-12-18-24(37)33-28(44)35(25(18)38)17-8-6-16(29)7-9-17/h5-12,18,23H,4,13H2,1-3H3,(H,34,36)(H2,31,32,40)(H,33,37,44)/b30-12-/t18-,23+/m1/s1. The Morgan fingerprint density at radius 2 is 1.84 bits per heavy atom. The van der Waals surface area contributed by atoms with E-state index in [0.29, 0.717) is 22.0 Å². The molecule has 2 heterocycles. The molecule has 0 saturated carbocycles. The van der Waals surface area contributed by atoms with Gasteiger partial charge in [0.2, 0.25) is 5.91 Å². The Labute approximate surface area is 261 Å². The molecule has 44 heavy (non-hydrogen) atoms. The van der Waals surface area contributed by atoms with Gasteiger partial charge in [-0.3, -0.25) is 19.3 Å². The topological polar surface area (TPSA) is 177 Å². The van der Waals surface area contributed by atoms with E-state index in [9.17, 15) is 24.0 Å². The number of allylic oxidation sites excluding steroid dienone is 1. The monoisotopic (exact) mass is 642 g/mol. The molecule has 1 fully saturated rings. The van der Waals surface area contributed by atoms with Crippen molar-refractivity contribution in [3.05, 3.63) is 64.3 Å². The second kappa shape index (κ2) is 14.0. The lowest BCUT2D eigenvalue weighted by Gasteiger charge is -2.30. The molecule has 14 nitrogen and oxygen atoms in total. The van der Waals surface area contributed by atoms with Crippen LogP contribution in [0.2, 0.25) is 5.02 Å². The molecule has 0 aromatic heterocycles. The number of amides is 5. The molecule has 16 heteroatoms. The minimum Gasteiger partial charge on any atom is -0.493 e. The summed E-state index contributed by atoms with van der Waals surface area (Å²) in [6.07, 6.45) is 0.986. The van der Waals surface area contributed by atoms with Crippen LogP contribution in [0.25, 0.3) is 0 Å². The number of nitrogens with zero attached hydrogens (tertiary/aromatic N) is 2. The lowest BCUT2D eigenvalue weighted by atomic mass is 9.95. The molecule has 0 unspecified atom stereocenters. The number of anilines is 1. The number of hydrazone groups is 1.